The van der Waals surface area contributed by atoms with E-state index >= 15 is 0 Å². The van der Waals surface area contributed by atoms with Crippen LogP contribution in [0.2, 0.25) is 0 Å². The molecule has 5 fully saturated rings. The number of hydrogen-bond donors (Lipinski definition) is 1. The van der Waals surface area contributed by atoms with Crippen LogP contribution in [0.1, 0.15) is 80.6 Å². The van der Waals surface area contributed by atoms with E-state index in [1.807, 2.05) is 29.2 Å². The summed E-state index contributed by atoms with van der Waals surface area (Å²) in [5.74, 6) is 2.82. The van der Waals surface area contributed by atoms with Crippen molar-refractivity contribution in [3.8, 4) is 0 Å². The van der Waals surface area contributed by atoms with Crippen molar-refractivity contribution in [1.82, 2.24) is 10.2 Å². The Morgan fingerprint density at radius 3 is 2.34 bits per heavy atom. The Kier molecular flexibility index (Phi) is 4.90. The van der Waals surface area contributed by atoms with Gasteiger partial charge in [-0.25, -0.2) is 0 Å². The summed E-state index contributed by atoms with van der Waals surface area (Å²) in [5.41, 5.74) is 1.72. The maximum absolute atomic E-state index is 13.5. The smallest absolute Gasteiger partial charge is 0.254 e. The van der Waals surface area contributed by atoms with Crippen LogP contribution in [0.4, 0.5) is 0 Å². The van der Waals surface area contributed by atoms with Gasteiger partial charge in [0.1, 0.15) is 0 Å². The fourth-order valence-electron chi connectivity index (χ4n) is 8.38. The van der Waals surface area contributed by atoms with Crippen LogP contribution in [0.15, 0.2) is 24.3 Å². The molecule has 1 atom stereocenters. The minimum Gasteiger partial charge on any atom is -0.381 e. The molecule has 1 aromatic carbocycles. The molecule has 1 unspecified atom stereocenters. The minimum atomic E-state index is -0.445. The number of nitrogens with one attached hydrogen (secondary N) is 1. The van der Waals surface area contributed by atoms with Gasteiger partial charge in [-0.2, -0.15) is 0 Å². The summed E-state index contributed by atoms with van der Waals surface area (Å²) in [6.07, 6.45) is 9.96. The summed E-state index contributed by atoms with van der Waals surface area (Å²) in [4.78, 5) is 28.7. The van der Waals surface area contributed by atoms with E-state index in [2.05, 4.69) is 12.2 Å². The zero-order chi connectivity index (χ0) is 21.9. The maximum atomic E-state index is 13.5. The summed E-state index contributed by atoms with van der Waals surface area (Å²) in [5, 5.41) is 3.45. The third-order valence-corrected chi connectivity index (χ3v) is 9.69. The predicted octanol–water partition coefficient (Wildman–Crippen LogP) is 4.30. The Bertz CT molecular complexity index is 884. The van der Waals surface area contributed by atoms with Gasteiger partial charge in [0.2, 0.25) is 5.91 Å². The first-order chi connectivity index (χ1) is 15.5. The van der Waals surface area contributed by atoms with Crippen molar-refractivity contribution in [2.75, 3.05) is 13.2 Å². The summed E-state index contributed by atoms with van der Waals surface area (Å²) < 4.78 is 5.65. The molecule has 6 aliphatic rings. The first kappa shape index (κ1) is 20.7. The molecule has 4 aliphatic carbocycles. The SMILES string of the molecule is CC(NC(=O)CC1(N2Cc3ccccc3C2=O)CCOCC1)C12CC3CC(CC(C3)C1)C2. The third kappa shape index (κ3) is 3.30. The molecule has 2 aliphatic heterocycles. The average molecular weight is 437 g/mol. The van der Waals surface area contributed by atoms with Crippen LogP contribution in [-0.2, 0) is 16.1 Å². The van der Waals surface area contributed by atoms with Gasteiger partial charge in [0.25, 0.3) is 5.91 Å². The quantitative estimate of drug-likeness (QED) is 0.749. The molecule has 5 nitrogen and oxygen atoms in total. The lowest BCUT2D eigenvalue weighted by Gasteiger charge is -2.59. The number of hydrogen-bond acceptors (Lipinski definition) is 3. The summed E-state index contributed by atoms with van der Waals surface area (Å²) >= 11 is 0. The Morgan fingerprint density at radius 2 is 1.72 bits per heavy atom. The van der Waals surface area contributed by atoms with Gasteiger partial charge in [-0.15, -0.1) is 0 Å². The number of carbonyl (C=O) groups excluding carboxylic acids is 2. The van der Waals surface area contributed by atoms with Crippen molar-refractivity contribution < 1.29 is 14.3 Å². The Morgan fingerprint density at radius 1 is 1.09 bits per heavy atom. The number of rotatable bonds is 5. The van der Waals surface area contributed by atoms with E-state index in [1.54, 1.807) is 0 Å². The van der Waals surface area contributed by atoms with Crippen molar-refractivity contribution in [2.24, 2.45) is 23.2 Å². The molecule has 2 amide bonds. The van der Waals surface area contributed by atoms with Gasteiger partial charge in [0.15, 0.2) is 0 Å². The Labute approximate surface area is 191 Å². The van der Waals surface area contributed by atoms with Crippen molar-refractivity contribution in [3.63, 3.8) is 0 Å². The van der Waals surface area contributed by atoms with Gasteiger partial charge in [0.05, 0.1) is 12.0 Å². The van der Waals surface area contributed by atoms with Crippen molar-refractivity contribution in [2.45, 2.75) is 82.8 Å². The largest absolute Gasteiger partial charge is 0.381 e. The molecule has 1 aromatic rings. The van der Waals surface area contributed by atoms with E-state index in [1.165, 1.54) is 38.5 Å². The first-order valence-electron chi connectivity index (χ1n) is 12.7. The lowest BCUT2D eigenvalue weighted by atomic mass is 9.48. The number of carbonyl (C=O) groups is 2. The molecule has 0 radical (unpaired) electrons. The van der Waals surface area contributed by atoms with Gasteiger partial charge >= 0.3 is 0 Å². The standard InChI is InChI=1S/C27H36N2O3/c1-18(26-13-19-10-20(14-26)12-21(11-19)15-26)28-24(30)16-27(6-8-32-9-7-27)29-17-22-4-2-3-5-23(22)25(29)31/h2-5,18-21H,6-17H2,1H3,(H,28,30). The molecule has 1 saturated heterocycles. The van der Waals surface area contributed by atoms with Crippen LogP contribution >= 0.6 is 0 Å². The van der Waals surface area contributed by atoms with Crippen LogP contribution in [0.3, 0.4) is 0 Å². The number of nitrogens with zero attached hydrogens (tertiary/aromatic N) is 1. The summed E-state index contributed by atoms with van der Waals surface area (Å²) in [6, 6.07) is 8.09. The molecule has 0 aromatic heterocycles. The topological polar surface area (TPSA) is 58.6 Å². The minimum absolute atomic E-state index is 0.0735. The Hall–Kier alpha value is -1.88. The number of amides is 2. The van der Waals surface area contributed by atoms with Gasteiger partial charge in [-0.3, -0.25) is 9.59 Å². The fourth-order valence-corrected chi connectivity index (χ4v) is 8.38. The lowest BCUT2D eigenvalue weighted by Crippen LogP contribution is -2.58. The van der Waals surface area contributed by atoms with Crippen molar-refractivity contribution in [3.05, 3.63) is 35.4 Å². The van der Waals surface area contributed by atoms with Gasteiger partial charge < -0.3 is 15.0 Å². The zero-order valence-corrected chi connectivity index (χ0v) is 19.3. The monoisotopic (exact) mass is 436 g/mol. The van der Waals surface area contributed by atoms with Crippen LogP contribution < -0.4 is 5.32 Å². The second-order valence-corrected chi connectivity index (χ2v) is 11.6. The highest BCUT2D eigenvalue weighted by atomic mass is 16.5. The molecule has 1 N–H and O–H groups in total. The van der Waals surface area contributed by atoms with E-state index in [0.29, 0.717) is 31.6 Å². The van der Waals surface area contributed by atoms with Crippen molar-refractivity contribution in [1.29, 1.82) is 0 Å². The van der Waals surface area contributed by atoms with Crippen LogP contribution in [0.25, 0.3) is 0 Å². The normalized spacial score (nSPS) is 35.6. The Balaban J connectivity index is 1.19. The van der Waals surface area contributed by atoms with E-state index in [4.69, 9.17) is 4.74 Å². The van der Waals surface area contributed by atoms with E-state index in [9.17, 15) is 9.59 Å². The first-order valence-corrected chi connectivity index (χ1v) is 12.7. The molecule has 172 valence electrons. The zero-order valence-electron chi connectivity index (χ0n) is 19.3. The van der Waals surface area contributed by atoms with Crippen LogP contribution in [-0.4, -0.2) is 41.5 Å². The highest BCUT2D eigenvalue weighted by Gasteiger charge is 2.54. The maximum Gasteiger partial charge on any atom is 0.254 e. The third-order valence-electron chi connectivity index (χ3n) is 9.69. The van der Waals surface area contributed by atoms with Gasteiger partial charge in [-0.05, 0) is 93.1 Å². The fraction of sp³-hybridized carbons (Fsp3) is 0.704. The number of benzene rings is 1. The van der Waals surface area contributed by atoms with E-state index in [0.717, 1.165) is 41.7 Å². The van der Waals surface area contributed by atoms with Gasteiger partial charge in [0, 0.05) is 31.4 Å². The molecule has 4 saturated carbocycles. The number of fused-ring (bicyclic) bond motifs is 1. The van der Waals surface area contributed by atoms with Crippen LogP contribution in [0.5, 0.6) is 0 Å². The molecule has 4 bridgehead atoms. The number of ether oxygens (including phenoxy) is 1. The summed E-state index contributed by atoms with van der Waals surface area (Å²) in [6.45, 7) is 4.07. The van der Waals surface area contributed by atoms with Gasteiger partial charge in [-0.1, -0.05) is 18.2 Å². The highest BCUT2D eigenvalue weighted by Crippen LogP contribution is 2.61. The molecule has 0 spiro atoms. The molecule has 2 heterocycles. The lowest BCUT2D eigenvalue weighted by molar-refractivity contribution is -0.130. The predicted molar refractivity (Wildman–Crippen MR) is 122 cm³/mol. The second kappa shape index (κ2) is 7.58. The highest BCUT2D eigenvalue weighted by molar-refractivity contribution is 5.99. The molecule has 5 heteroatoms. The van der Waals surface area contributed by atoms with E-state index in [-0.39, 0.29) is 17.9 Å². The molecule has 7 rings (SSSR count). The molecule has 32 heavy (non-hydrogen) atoms. The average Bonchev–Trinajstić information content (AvgIpc) is 3.11. The molecular formula is C27H36N2O3. The van der Waals surface area contributed by atoms with Crippen LogP contribution in [0, 0.1) is 23.2 Å². The second-order valence-electron chi connectivity index (χ2n) is 11.6. The van der Waals surface area contributed by atoms with E-state index < -0.39 is 5.54 Å². The van der Waals surface area contributed by atoms with Crippen molar-refractivity contribution >= 4 is 11.8 Å². The summed E-state index contributed by atoms with van der Waals surface area (Å²) in [7, 11) is 0. The molecular weight excluding hydrogens is 400 g/mol.